The van der Waals surface area contributed by atoms with E-state index in [1.165, 1.54) is 0 Å². The maximum atomic E-state index is 12.5. The van der Waals surface area contributed by atoms with Gasteiger partial charge in [0.1, 0.15) is 0 Å². The molecule has 1 fully saturated rings. The molecule has 0 aromatic heterocycles. The molecule has 5 nitrogen and oxygen atoms in total. The fourth-order valence-electron chi connectivity index (χ4n) is 3.25. The molecule has 0 bridgehead atoms. The minimum Gasteiger partial charge on any atom is -0.481 e. The number of carbonyl (C=O) groups is 2. The molecule has 1 saturated carbocycles. The van der Waals surface area contributed by atoms with Gasteiger partial charge in [0.2, 0.25) is 5.91 Å². The molecule has 3 atom stereocenters. The van der Waals surface area contributed by atoms with E-state index in [-0.39, 0.29) is 23.8 Å². The van der Waals surface area contributed by atoms with Gasteiger partial charge in [0.05, 0.1) is 12.0 Å². The molecule has 0 spiro atoms. The zero-order valence-corrected chi connectivity index (χ0v) is 13.7. The van der Waals surface area contributed by atoms with Gasteiger partial charge in [-0.2, -0.15) is 0 Å². The van der Waals surface area contributed by atoms with Gasteiger partial charge in [-0.25, -0.2) is 0 Å². The third kappa shape index (κ3) is 6.04. The van der Waals surface area contributed by atoms with Gasteiger partial charge in [0.25, 0.3) is 0 Å². The lowest BCUT2D eigenvalue weighted by atomic mass is 9.76. The van der Waals surface area contributed by atoms with E-state index in [0.717, 1.165) is 12.8 Å². The van der Waals surface area contributed by atoms with Crippen molar-refractivity contribution in [1.82, 2.24) is 5.32 Å². The number of amides is 1. The van der Waals surface area contributed by atoms with Crippen LogP contribution in [0.2, 0.25) is 0 Å². The minimum atomic E-state index is -0.896. The summed E-state index contributed by atoms with van der Waals surface area (Å²) in [6.45, 7) is 8.22. The molecule has 1 aliphatic rings. The van der Waals surface area contributed by atoms with Gasteiger partial charge < -0.3 is 16.2 Å². The van der Waals surface area contributed by atoms with Crippen LogP contribution in [0.5, 0.6) is 0 Å². The van der Waals surface area contributed by atoms with E-state index in [2.05, 4.69) is 12.2 Å². The Labute approximate surface area is 127 Å². The third-order valence-corrected chi connectivity index (χ3v) is 4.10. The van der Waals surface area contributed by atoms with Crippen LogP contribution in [0.1, 0.15) is 66.2 Å². The van der Waals surface area contributed by atoms with Gasteiger partial charge in [-0.15, -0.1) is 0 Å². The molecule has 1 amide bonds. The van der Waals surface area contributed by atoms with Crippen molar-refractivity contribution in [2.75, 3.05) is 0 Å². The molecular formula is C16H30N2O3. The molecule has 0 aromatic carbocycles. The highest BCUT2D eigenvalue weighted by molar-refractivity contribution is 5.86. The first-order valence-corrected chi connectivity index (χ1v) is 7.83. The molecule has 3 unspecified atom stereocenters. The van der Waals surface area contributed by atoms with Crippen molar-refractivity contribution < 1.29 is 14.7 Å². The topological polar surface area (TPSA) is 92.4 Å². The zero-order chi connectivity index (χ0) is 16.3. The number of rotatable bonds is 5. The highest BCUT2D eigenvalue weighted by atomic mass is 16.4. The van der Waals surface area contributed by atoms with Crippen molar-refractivity contribution in [3.63, 3.8) is 0 Å². The number of nitrogens with one attached hydrogen (secondary N) is 1. The van der Waals surface area contributed by atoms with Crippen molar-refractivity contribution in [1.29, 1.82) is 0 Å². The van der Waals surface area contributed by atoms with Crippen LogP contribution in [0.25, 0.3) is 0 Å². The lowest BCUT2D eigenvalue weighted by Gasteiger charge is -2.37. The maximum Gasteiger partial charge on any atom is 0.305 e. The van der Waals surface area contributed by atoms with Gasteiger partial charge in [-0.3, -0.25) is 9.59 Å². The van der Waals surface area contributed by atoms with Crippen molar-refractivity contribution in [2.24, 2.45) is 17.1 Å². The number of nitrogens with two attached hydrogens (primary N) is 1. The number of carbonyl (C=O) groups excluding carboxylic acids is 1. The zero-order valence-electron chi connectivity index (χ0n) is 13.7. The molecule has 1 rings (SSSR count). The summed E-state index contributed by atoms with van der Waals surface area (Å²) in [6, 6.07) is -0.368. The Morgan fingerprint density at radius 1 is 1.43 bits per heavy atom. The number of hydrogen-bond acceptors (Lipinski definition) is 3. The fourth-order valence-corrected chi connectivity index (χ4v) is 3.25. The Hall–Kier alpha value is -1.10. The number of hydrogen-bond donors (Lipinski definition) is 3. The van der Waals surface area contributed by atoms with Gasteiger partial charge in [0, 0.05) is 6.04 Å². The molecular weight excluding hydrogens is 268 g/mol. The lowest BCUT2D eigenvalue weighted by molar-refractivity contribution is -0.138. The molecule has 122 valence electrons. The predicted molar refractivity (Wildman–Crippen MR) is 82.8 cm³/mol. The van der Waals surface area contributed by atoms with Crippen LogP contribution >= 0.6 is 0 Å². The average Bonchev–Trinajstić information content (AvgIpc) is 2.24. The third-order valence-electron chi connectivity index (χ3n) is 4.10. The predicted octanol–water partition coefficient (Wildman–Crippen LogP) is 2.29. The fraction of sp³-hybridized carbons (Fsp3) is 0.875. The van der Waals surface area contributed by atoms with Crippen LogP contribution in [0.4, 0.5) is 0 Å². The first-order valence-electron chi connectivity index (χ1n) is 7.83. The van der Waals surface area contributed by atoms with Gasteiger partial charge in [-0.1, -0.05) is 40.5 Å². The minimum absolute atomic E-state index is 0.0466. The van der Waals surface area contributed by atoms with E-state index in [0.29, 0.717) is 25.2 Å². The van der Waals surface area contributed by atoms with Crippen molar-refractivity contribution in [3.05, 3.63) is 0 Å². The van der Waals surface area contributed by atoms with E-state index < -0.39 is 11.5 Å². The van der Waals surface area contributed by atoms with Gasteiger partial charge in [0.15, 0.2) is 0 Å². The van der Waals surface area contributed by atoms with Crippen LogP contribution in [0, 0.1) is 11.3 Å². The summed E-state index contributed by atoms with van der Waals surface area (Å²) in [4.78, 5) is 23.5. The number of carboxylic acids is 1. The average molecular weight is 298 g/mol. The summed E-state index contributed by atoms with van der Waals surface area (Å²) in [5.41, 5.74) is 5.39. The van der Waals surface area contributed by atoms with E-state index in [9.17, 15) is 9.59 Å². The van der Waals surface area contributed by atoms with Crippen LogP contribution in [0.15, 0.2) is 0 Å². The smallest absolute Gasteiger partial charge is 0.305 e. The van der Waals surface area contributed by atoms with Gasteiger partial charge in [-0.05, 0) is 30.6 Å². The van der Waals surface area contributed by atoms with Crippen LogP contribution < -0.4 is 11.1 Å². The highest BCUT2D eigenvalue weighted by Crippen LogP contribution is 2.31. The molecule has 0 heterocycles. The Balaban J connectivity index is 2.72. The molecule has 0 aromatic rings. The van der Waals surface area contributed by atoms with Gasteiger partial charge >= 0.3 is 5.97 Å². The SMILES string of the molecule is CC1CCCC(N)(C(=O)NC(CC(=O)O)CC(C)(C)C)C1. The molecule has 1 aliphatic carbocycles. The standard InChI is InChI=1S/C16H30N2O3/c1-11-6-5-7-16(17,9-11)14(21)18-12(8-13(19)20)10-15(2,3)4/h11-12H,5-10,17H2,1-4H3,(H,18,21)(H,19,20). The largest absolute Gasteiger partial charge is 0.481 e. The first-order chi connectivity index (χ1) is 9.52. The molecule has 0 saturated heterocycles. The molecule has 0 aliphatic heterocycles. The second-order valence-corrected chi connectivity index (χ2v) is 7.89. The normalized spacial score (nSPS) is 28.0. The second kappa shape index (κ2) is 6.77. The summed E-state index contributed by atoms with van der Waals surface area (Å²) in [5.74, 6) is -0.646. The number of aliphatic carboxylic acids is 1. The van der Waals surface area contributed by atoms with E-state index in [1.807, 2.05) is 20.8 Å². The highest BCUT2D eigenvalue weighted by Gasteiger charge is 2.39. The van der Waals surface area contributed by atoms with Crippen LogP contribution in [-0.4, -0.2) is 28.6 Å². The quantitative estimate of drug-likeness (QED) is 0.726. The monoisotopic (exact) mass is 298 g/mol. The van der Waals surface area contributed by atoms with Crippen molar-refractivity contribution in [2.45, 2.75) is 77.8 Å². The lowest BCUT2D eigenvalue weighted by Crippen LogP contribution is -2.58. The second-order valence-electron chi connectivity index (χ2n) is 7.89. The van der Waals surface area contributed by atoms with Crippen LogP contribution in [-0.2, 0) is 9.59 Å². The molecule has 21 heavy (non-hydrogen) atoms. The number of carboxylic acid groups (broad SMARTS) is 1. The van der Waals surface area contributed by atoms with Crippen LogP contribution in [0.3, 0.4) is 0 Å². The summed E-state index contributed by atoms with van der Waals surface area (Å²) in [6.07, 6.45) is 3.97. The van der Waals surface area contributed by atoms with E-state index in [4.69, 9.17) is 10.8 Å². The molecule has 5 heteroatoms. The summed E-state index contributed by atoms with van der Waals surface area (Å²) >= 11 is 0. The summed E-state index contributed by atoms with van der Waals surface area (Å²) in [7, 11) is 0. The first kappa shape index (κ1) is 18.0. The van der Waals surface area contributed by atoms with E-state index >= 15 is 0 Å². The van der Waals surface area contributed by atoms with E-state index in [1.54, 1.807) is 0 Å². The maximum absolute atomic E-state index is 12.5. The van der Waals surface area contributed by atoms with Crippen molar-refractivity contribution >= 4 is 11.9 Å². The summed E-state index contributed by atoms with van der Waals surface area (Å²) in [5, 5.41) is 11.9. The molecule has 0 radical (unpaired) electrons. The molecule has 4 N–H and O–H groups in total. The Morgan fingerprint density at radius 2 is 2.05 bits per heavy atom. The Kier molecular flexibility index (Phi) is 5.79. The Bertz CT molecular complexity index is 389. The summed E-state index contributed by atoms with van der Waals surface area (Å²) < 4.78 is 0. The van der Waals surface area contributed by atoms with Crippen molar-refractivity contribution in [3.8, 4) is 0 Å². The Morgan fingerprint density at radius 3 is 2.52 bits per heavy atom.